The first-order valence-electron chi connectivity index (χ1n) is 4.61. The number of carbonyl (C=O) groups is 1. The van der Waals surface area contributed by atoms with Crippen molar-refractivity contribution in [2.45, 2.75) is 46.5 Å². The van der Waals surface area contributed by atoms with Crippen LogP contribution in [0.1, 0.15) is 46.5 Å². The lowest BCUT2D eigenvalue weighted by atomic mass is 9.89. The zero-order valence-electron chi connectivity index (χ0n) is 8.43. The highest BCUT2D eigenvalue weighted by Gasteiger charge is 2.08. The van der Waals surface area contributed by atoms with Gasteiger partial charge in [-0.1, -0.05) is 33.6 Å². The zero-order chi connectivity index (χ0) is 9.45. The maximum absolute atomic E-state index is 9.77. The number of unbranched alkanes of at least 4 members (excludes halogenated alkanes) is 2. The Hall–Kier alpha value is -0.530. The van der Waals surface area contributed by atoms with E-state index in [4.69, 9.17) is 0 Å². The predicted molar refractivity (Wildman–Crippen MR) is 49.9 cm³/mol. The highest BCUT2D eigenvalue weighted by atomic mass is 16.5. The zero-order valence-corrected chi connectivity index (χ0v) is 8.43. The second kappa shape index (κ2) is 6.04. The molecule has 0 saturated carbocycles. The molecule has 0 unspecified atom stereocenters. The summed E-state index contributed by atoms with van der Waals surface area (Å²) in [6.07, 6.45) is 4.62. The fraction of sp³-hybridized carbons (Fsp3) is 0.900. The summed E-state index contributed by atoms with van der Waals surface area (Å²) in [6, 6.07) is 0. The molecular weight excluding hydrogens is 152 g/mol. The minimum absolute atomic E-state index is 0.436. The highest BCUT2D eigenvalue weighted by Crippen LogP contribution is 2.21. The fourth-order valence-corrected chi connectivity index (χ4v) is 1.07. The number of carbonyl (C=O) groups excluding carboxylic acids is 1. The second-order valence-corrected chi connectivity index (χ2v) is 4.34. The van der Waals surface area contributed by atoms with Crippen LogP contribution in [0.5, 0.6) is 0 Å². The number of hydrogen-bond acceptors (Lipinski definition) is 2. The summed E-state index contributed by atoms with van der Waals surface area (Å²) in [4.78, 5) is 9.77. The Morgan fingerprint density at radius 2 is 1.83 bits per heavy atom. The van der Waals surface area contributed by atoms with Crippen molar-refractivity contribution in [3.05, 3.63) is 0 Å². The molecular formula is C10H20O2. The molecule has 0 radical (unpaired) electrons. The summed E-state index contributed by atoms with van der Waals surface area (Å²) in [5, 5.41) is 0. The van der Waals surface area contributed by atoms with Crippen LogP contribution in [0.3, 0.4) is 0 Å². The molecule has 0 bridgehead atoms. The molecule has 0 aromatic carbocycles. The van der Waals surface area contributed by atoms with Crippen molar-refractivity contribution < 1.29 is 9.53 Å². The van der Waals surface area contributed by atoms with Gasteiger partial charge in [-0.25, -0.2) is 0 Å². The van der Waals surface area contributed by atoms with E-state index in [1.165, 1.54) is 12.8 Å². The van der Waals surface area contributed by atoms with Gasteiger partial charge in [0, 0.05) is 0 Å². The number of hydrogen-bond donors (Lipinski definition) is 0. The number of rotatable bonds is 6. The van der Waals surface area contributed by atoms with Crippen LogP contribution in [0.4, 0.5) is 0 Å². The third-order valence-electron chi connectivity index (χ3n) is 1.76. The van der Waals surface area contributed by atoms with Crippen LogP contribution in [0.2, 0.25) is 0 Å². The van der Waals surface area contributed by atoms with Crippen LogP contribution < -0.4 is 0 Å². The van der Waals surface area contributed by atoms with Gasteiger partial charge in [0.2, 0.25) is 0 Å². The average Bonchev–Trinajstić information content (AvgIpc) is 1.94. The van der Waals surface area contributed by atoms with Gasteiger partial charge in [0.05, 0.1) is 6.61 Å². The van der Waals surface area contributed by atoms with Gasteiger partial charge in [-0.05, 0) is 18.3 Å². The molecule has 0 N–H and O–H groups in total. The quantitative estimate of drug-likeness (QED) is 0.455. The Bertz CT molecular complexity index is 113. The Balaban J connectivity index is 3.06. The third-order valence-corrected chi connectivity index (χ3v) is 1.76. The Labute approximate surface area is 75.3 Å². The van der Waals surface area contributed by atoms with Crippen molar-refractivity contribution in [3.63, 3.8) is 0 Å². The molecule has 0 aliphatic rings. The Morgan fingerprint density at radius 1 is 1.17 bits per heavy atom. The molecule has 0 aliphatic heterocycles. The topological polar surface area (TPSA) is 26.3 Å². The van der Waals surface area contributed by atoms with E-state index in [0.717, 1.165) is 12.8 Å². The lowest BCUT2D eigenvalue weighted by molar-refractivity contribution is -0.128. The lowest BCUT2D eigenvalue weighted by Gasteiger charge is -2.17. The van der Waals surface area contributed by atoms with E-state index in [9.17, 15) is 4.79 Å². The van der Waals surface area contributed by atoms with Crippen LogP contribution in [0.15, 0.2) is 0 Å². The van der Waals surface area contributed by atoms with Crippen molar-refractivity contribution in [1.29, 1.82) is 0 Å². The summed E-state index contributed by atoms with van der Waals surface area (Å²) in [6.45, 7) is 7.83. The van der Waals surface area contributed by atoms with Crippen LogP contribution >= 0.6 is 0 Å². The van der Waals surface area contributed by atoms with E-state index >= 15 is 0 Å². The molecule has 72 valence electrons. The van der Waals surface area contributed by atoms with Crippen molar-refractivity contribution in [2.75, 3.05) is 6.61 Å². The SMILES string of the molecule is CC(C)(C)CCCCCOC=O. The molecule has 0 aromatic rings. The summed E-state index contributed by atoms with van der Waals surface area (Å²) >= 11 is 0. The summed E-state index contributed by atoms with van der Waals surface area (Å²) in [7, 11) is 0. The van der Waals surface area contributed by atoms with Gasteiger partial charge >= 0.3 is 0 Å². The van der Waals surface area contributed by atoms with Gasteiger partial charge < -0.3 is 4.74 Å². The first-order valence-corrected chi connectivity index (χ1v) is 4.61. The summed E-state index contributed by atoms with van der Waals surface area (Å²) in [5.41, 5.74) is 0.436. The second-order valence-electron chi connectivity index (χ2n) is 4.34. The molecule has 2 heteroatoms. The van der Waals surface area contributed by atoms with E-state index in [1.54, 1.807) is 0 Å². The average molecular weight is 172 g/mol. The number of ether oxygens (including phenoxy) is 1. The molecule has 0 heterocycles. The molecule has 0 fully saturated rings. The molecule has 0 aromatic heterocycles. The monoisotopic (exact) mass is 172 g/mol. The minimum atomic E-state index is 0.436. The molecule has 0 aliphatic carbocycles. The molecule has 12 heavy (non-hydrogen) atoms. The van der Waals surface area contributed by atoms with Gasteiger partial charge in [-0.15, -0.1) is 0 Å². The molecule has 2 nitrogen and oxygen atoms in total. The van der Waals surface area contributed by atoms with Gasteiger partial charge in [0.15, 0.2) is 0 Å². The summed E-state index contributed by atoms with van der Waals surface area (Å²) < 4.78 is 4.59. The van der Waals surface area contributed by atoms with Crippen LogP contribution in [-0.2, 0) is 9.53 Å². The first kappa shape index (κ1) is 11.5. The van der Waals surface area contributed by atoms with Gasteiger partial charge in [-0.3, -0.25) is 4.79 Å². The van der Waals surface area contributed by atoms with Crippen molar-refractivity contribution >= 4 is 6.47 Å². The van der Waals surface area contributed by atoms with E-state index in [1.807, 2.05) is 0 Å². The van der Waals surface area contributed by atoms with E-state index in [-0.39, 0.29) is 0 Å². The third kappa shape index (κ3) is 9.47. The standard InChI is InChI=1S/C10H20O2/c1-10(2,3)7-5-4-6-8-12-9-11/h9H,4-8H2,1-3H3. The predicted octanol–water partition coefficient (Wildman–Crippen LogP) is 2.77. The molecule has 0 spiro atoms. The largest absolute Gasteiger partial charge is 0.468 e. The van der Waals surface area contributed by atoms with Crippen molar-refractivity contribution in [2.24, 2.45) is 5.41 Å². The first-order chi connectivity index (χ1) is 5.56. The van der Waals surface area contributed by atoms with Crippen LogP contribution in [0.25, 0.3) is 0 Å². The van der Waals surface area contributed by atoms with E-state index in [0.29, 0.717) is 18.5 Å². The maximum Gasteiger partial charge on any atom is 0.293 e. The van der Waals surface area contributed by atoms with E-state index in [2.05, 4.69) is 25.5 Å². The highest BCUT2D eigenvalue weighted by molar-refractivity contribution is 5.36. The van der Waals surface area contributed by atoms with Crippen molar-refractivity contribution in [3.8, 4) is 0 Å². The fourth-order valence-electron chi connectivity index (χ4n) is 1.07. The maximum atomic E-state index is 9.77. The molecule has 0 saturated heterocycles. The molecule has 0 atom stereocenters. The van der Waals surface area contributed by atoms with Crippen LogP contribution in [-0.4, -0.2) is 13.1 Å². The van der Waals surface area contributed by atoms with Gasteiger partial charge in [-0.2, -0.15) is 0 Å². The Morgan fingerprint density at radius 3 is 2.33 bits per heavy atom. The minimum Gasteiger partial charge on any atom is -0.468 e. The van der Waals surface area contributed by atoms with Gasteiger partial charge in [0.25, 0.3) is 6.47 Å². The van der Waals surface area contributed by atoms with E-state index < -0.39 is 0 Å². The smallest absolute Gasteiger partial charge is 0.293 e. The Kier molecular flexibility index (Phi) is 5.77. The summed E-state index contributed by atoms with van der Waals surface area (Å²) in [5.74, 6) is 0. The normalized spacial score (nSPS) is 11.2. The van der Waals surface area contributed by atoms with Gasteiger partial charge in [0.1, 0.15) is 0 Å². The molecule has 0 amide bonds. The lowest BCUT2D eigenvalue weighted by Crippen LogP contribution is -2.04. The van der Waals surface area contributed by atoms with Crippen molar-refractivity contribution in [1.82, 2.24) is 0 Å². The molecule has 0 rings (SSSR count). The van der Waals surface area contributed by atoms with Crippen LogP contribution in [0, 0.1) is 5.41 Å².